The van der Waals surface area contributed by atoms with E-state index in [0.717, 1.165) is 5.56 Å². The molecule has 1 aromatic heterocycles. The number of halogens is 2. The third-order valence-electron chi connectivity index (χ3n) is 4.09. The van der Waals surface area contributed by atoms with Gasteiger partial charge in [-0.15, -0.1) is 11.3 Å². The highest BCUT2D eigenvalue weighted by atomic mass is 35.5. The van der Waals surface area contributed by atoms with Crippen LogP contribution in [0.3, 0.4) is 0 Å². The molecule has 0 atom stereocenters. The molecule has 0 aliphatic rings. The van der Waals surface area contributed by atoms with E-state index in [-0.39, 0.29) is 15.8 Å². The minimum atomic E-state index is -3.76. The topological polar surface area (TPSA) is 117 Å². The molecule has 0 amide bonds. The molecule has 0 fully saturated rings. The number of benzene rings is 2. The number of hydrazone groups is 1. The second-order valence-corrected chi connectivity index (χ2v) is 9.87. The third-order valence-corrected chi connectivity index (χ3v) is 6.95. The van der Waals surface area contributed by atoms with Crippen molar-refractivity contribution < 1.29 is 18.8 Å². The zero-order chi connectivity index (χ0) is 22.8. The number of anilines is 1. The molecule has 0 saturated heterocycles. The Kier molecular flexibility index (Phi) is 7.45. The second-order valence-electron chi connectivity index (χ2n) is 6.26. The first-order valence-electron chi connectivity index (χ1n) is 8.54. The predicted molar refractivity (Wildman–Crippen MR) is 133 cm³/mol. The maximum Gasteiger partial charge on any atom is 0.191 e. The molecule has 0 aliphatic heterocycles. The minimum absolute atomic E-state index is 0.00324. The molecule has 0 spiro atoms. The van der Waals surface area contributed by atoms with Gasteiger partial charge in [-0.3, -0.25) is 5.43 Å². The largest absolute Gasteiger partial charge is 0.506 e. The van der Waals surface area contributed by atoms with Crippen LogP contribution in [0.4, 0.5) is 5.69 Å². The van der Waals surface area contributed by atoms with Gasteiger partial charge in [0.1, 0.15) is 16.6 Å². The molecule has 3 aromatic rings. The molecule has 164 valence electrons. The Balaban J connectivity index is 1.68. The number of rotatable bonds is 5. The Bertz CT molecular complexity index is 1150. The highest BCUT2D eigenvalue weighted by molar-refractivity contribution is 8.19. The Morgan fingerprint density at radius 3 is 2.35 bits per heavy atom. The number of hydrogen-bond acceptors (Lipinski definition) is 7. The van der Waals surface area contributed by atoms with Crippen molar-refractivity contribution in [3.05, 3.63) is 63.5 Å². The van der Waals surface area contributed by atoms with Crippen molar-refractivity contribution >= 4 is 74.1 Å². The van der Waals surface area contributed by atoms with Crippen LogP contribution in [0.2, 0.25) is 10.0 Å². The molecule has 12 heteroatoms. The van der Waals surface area contributed by atoms with E-state index in [1.54, 1.807) is 30.5 Å². The average Bonchev–Trinajstić information content (AvgIpc) is 3.09. The standard InChI is InChI=1S/C19H17Cl2N3O4S3/c1-10(14-9-30-18(17(14)25)11-2-7-15(20)16(21)8-11)23-24-19(29)22-12-3-5-13(6-4-12)31(26,27)28/h2-9,25-28H,1H3,(H2,22,24,29)/b23-10+. The van der Waals surface area contributed by atoms with E-state index in [2.05, 4.69) is 15.8 Å². The molecule has 0 unspecified atom stereocenters. The van der Waals surface area contributed by atoms with E-state index in [4.69, 9.17) is 35.4 Å². The Morgan fingerprint density at radius 1 is 1.06 bits per heavy atom. The quantitative estimate of drug-likeness (QED) is 0.126. The highest BCUT2D eigenvalue weighted by Gasteiger charge is 2.16. The fraction of sp³-hybridized carbons (Fsp3) is 0.0526. The van der Waals surface area contributed by atoms with Crippen molar-refractivity contribution in [3.8, 4) is 16.2 Å². The zero-order valence-corrected chi connectivity index (χ0v) is 19.8. The van der Waals surface area contributed by atoms with Crippen molar-refractivity contribution in [1.82, 2.24) is 5.43 Å². The fourth-order valence-corrected chi connectivity index (χ4v) is 4.49. The lowest BCUT2D eigenvalue weighted by Crippen LogP contribution is -2.24. The van der Waals surface area contributed by atoms with Crippen LogP contribution in [0.15, 0.2) is 57.8 Å². The summed E-state index contributed by atoms with van der Waals surface area (Å²) < 4.78 is 27.7. The average molecular weight is 518 g/mol. The van der Waals surface area contributed by atoms with Crippen LogP contribution in [-0.2, 0) is 0 Å². The molecular weight excluding hydrogens is 501 g/mol. The summed E-state index contributed by atoms with van der Waals surface area (Å²) in [7, 11) is -3.76. The second kappa shape index (κ2) is 9.72. The van der Waals surface area contributed by atoms with Gasteiger partial charge in [-0.05, 0) is 61.1 Å². The lowest BCUT2D eigenvalue weighted by molar-refractivity contribution is 0.376. The molecular formula is C19H17Cl2N3O4S3. The first kappa shape index (κ1) is 23.8. The van der Waals surface area contributed by atoms with Crippen molar-refractivity contribution in [2.45, 2.75) is 11.8 Å². The van der Waals surface area contributed by atoms with Gasteiger partial charge < -0.3 is 24.1 Å². The van der Waals surface area contributed by atoms with Crippen LogP contribution < -0.4 is 10.7 Å². The number of thiocarbonyl (C=S) groups is 1. The third kappa shape index (κ3) is 5.88. The molecule has 6 N–H and O–H groups in total. The fourth-order valence-electron chi connectivity index (χ4n) is 2.53. The van der Waals surface area contributed by atoms with E-state index < -0.39 is 10.9 Å². The summed E-state index contributed by atoms with van der Waals surface area (Å²) in [5.41, 5.74) is 5.03. The molecule has 2 aromatic carbocycles. The van der Waals surface area contributed by atoms with Gasteiger partial charge in [0.05, 0.1) is 31.1 Å². The number of hydrogen-bond donors (Lipinski definition) is 6. The van der Waals surface area contributed by atoms with E-state index in [1.807, 2.05) is 0 Å². The molecule has 3 rings (SSSR count). The summed E-state index contributed by atoms with van der Waals surface area (Å²) >= 11 is 18.6. The smallest absolute Gasteiger partial charge is 0.191 e. The van der Waals surface area contributed by atoms with Crippen LogP contribution in [-0.4, -0.2) is 29.6 Å². The van der Waals surface area contributed by atoms with Crippen molar-refractivity contribution in [1.29, 1.82) is 0 Å². The summed E-state index contributed by atoms with van der Waals surface area (Å²) in [5.74, 6) is 0.0731. The Morgan fingerprint density at radius 2 is 1.74 bits per heavy atom. The van der Waals surface area contributed by atoms with Gasteiger partial charge in [-0.2, -0.15) is 5.10 Å². The normalized spacial score (nSPS) is 12.5. The van der Waals surface area contributed by atoms with Crippen molar-refractivity contribution in [3.63, 3.8) is 0 Å². The number of thiophene rings is 1. The van der Waals surface area contributed by atoms with Gasteiger partial charge >= 0.3 is 0 Å². The first-order valence-corrected chi connectivity index (χ1v) is 12.1. The summed E-state index contributed by atoms with van der Waals surface area (Å²) in [5, 5.41) is 20.5. The van der Waals surface area contributed by atoms with E-state index in [9.17, 15) is 18.8 Å². The van der Waals surface area contributed by atoms with Crippen LogP contribution >= 0.6 is 57.6 Å². The molecule has 7 nitrogen and oxygen atoms in total. The van der Waals surface area contributed by atoms with Crippen molar-refractivity contribution in [2.24, 2.45) is 5.10 Å². The SMILES string of the molecule is C/C(=N\NC(=S)Nc1ccc(S(O)(O)O)cc1)c1csc(-c2ccc(Cl)c(Cl)c2)c1O. The Hall–Kier alpha value is -1.89. The highest BCUT2D eigenvalue weighted by Crippen LogP contribution is 2.43. The van der Waals surface area contributed by atoms with Gasteiger partial charge in [0.15, 0.2) is 5.11 Å². The van der Waals surface area contributed by atoms with Gasteiger partial charge in [0.25, 0.3) is 0 Å². The van der Waals surface area contributed by atoms with Gasteiger partial charge in [0, 0.05) is 11.1 Å². The molecule has 1 heterocycles. The van der Waals surface area contributed by atoms with Crippen LogP contribution in [0.5, 0.6) is 5.75 Å². The lowest BCUT2D eigenvalue weighted by atomic mass is 10.1. The minimum Gasteiger partial charge on any atom is -0.506 e. The number of nitrogens with one attached hydrogen (secondary N) is 2. The van der Waals surface area contributed by atoms with Crippen LogP contribution in [0.25, 0.3) is 10.4 Å². The van der Waals surface area contributed by atoms with Gasteiger partial charge in [-0.25, -0.2) is 0 Å². The maximum absolute atomic E-state index is 10.6. The summed E-state index contributed by atoms with van der Waals surface area (Å²) in [4.78, 5) is 0.635. The van der Waals surface area contributed by atoms with E-state index in [0.29, 0.717) is 31.9 Å². The zero-order valence-electron chi connectivity index (χ0n) is 15.8. The molecule has 0 bridgehead atoms. The van der Waals surface area contributed by atoms with Crippen LogP contribution in [0.1, 0.15) is 12.5 Å². The summed E-state index contributed by atoms with van der Waals surface area (Å²) in [6.45, 7) is 1.72. The van der Waals surface area contributed by atoms with Gasteiger partial charge in [0.2, 0.25) is 0 Å². The van der Waals surface area contributed by atoms with E-state index >= 15 is 0 Å². The van der Waals surface area contributed by atoms with E-state index in [1.165, 1.54) is 35.6 Å². The lowest BCUT2D eigenvalue weighted by Gasteiger charge is -2.19. The molecule has 0 aliphatic carbocycles. The Labute approximate surface area is 199 Å². The number of aromatic hydroxyl groups is 1. The van der Waals surface area contributed by atoms with Gasteiger partial charge in [-0.1, -0.05) is 29.3 Å². The maximum atomic E-state index is 10.6. The summed E-state index contributed by atoms with van der Waals surface area (Å²) in [6.07, 6.45) is 0. The predicted octanol–water partition coefficient (Wildman–Crippen LogP) is 6.72. The molecule has 0 saturated carbocycles. The van der Waals surface area contributed by atoms with Crippen LogP contribution in [0, 0.1) is 0 Å². The molecule has 31 heavy (non-hydrogen) atoms. The molecule has 0 radical (unpaired) electrons. The monoisotopic (exact) mass is 517 g/mol. The number of nitrogens with zero attached hydrogens (tertiary/aromatic N) is 1. The first-order chi connectivity index (χ1) is 14.6. The summed E-state index contributed by atoms with van der Waals surface area (Å²) in [6, 6.07) is 10.9. The van der Waals surface area contributed by atoms with Crippen molar-refractivity contribution in [2.75, 3.05) is 5.32 Å².